The van der Waals surface area contributed by atoms with E-state index in [1.165, 1.54) is 12.3 Å². The van der Waals surface area contributed by atoms with Crippen molar-refractivity contribution in [2.24, 2.45) is 0 Å². The second-order valence-corrected chi connectivity index (χ2v) is 8.22. The topological polar surface area (TPSA) is 28.2 Å². The predicted molar refractivity (Wildman–Crippen MR) is 122 cm³/mol. The van der Waals surface area contributed by atoms with Crippen molar-refractivity contribution in [1.29, 1.82) is 0 Å². The summed E-state index contributed by atoms with van der Waals surface area (Å²) in [5, 5.41) is 5.29. The first-order valence-electron chi connectivity index (χ1n) is 10.1. The Morgan fingerprint density at radius 1 is 1.03 bits per heavy atom. The number of halogens is 5. The number of alkyl halides is 3. The van der Waals surface area contributed by atoms with Gasteiger partial charge in [-0.2, -0.15) is 13.2 Å². The van der Waals surface area contributed by atoms with Crippen LogP contribution in [-0.4, -0.2) is 29.5 Å². The van der Waals surface area contributed by atoms with Gasteiger partial charge in [-0.25, -0.2) is 0 Å². The smallest absolute Gasteiger partial charge is 0.384 e. The van der Waals surface area contributed by atoms with E-state index in [0.717, 1.165) is 55.9 Å². The van der Waals surface area contributed by atoms with Gasteiger partial charge in [0.15, 0.2) is 0 Å². The molecule has 2 aromatic carbocycles. The lowest BCUT2D eigenvalue weighted by molar-refractivity contribution is -0.137. The lowest BCUT2D eigenvalue weighted by Gasteiger charge is -2.22. The molecule has 0 radical (unpaired) electrons. The fraction of sp³-hybridized carbons (Fsp3) is 0.348. The van der Waals surface area contributed by atoms with E-state index in [9.17, 15) is 13.2 Å². The average molecular weight is 470 g/mol. The molecule has 0 atom stereocenters. The van der Waals surface area contributed by atoms with Crippen LogP contribution in [0.5, 0.6) is 0 Å². The molecular formula is C23H24Cl2F3N3. The van der Waals surface area contributed by atoms with Crippen LogP contribution in [0.1, 0.15) is 30.9 Å². The highest BCUT2D eigenvalue weighted by atomic mass is 35.5. The van der Waals surface area contributed by atoms with Crippen LogP contribution in [0.2, 0.25) is 10.0 Å². The quantitative estimate of drug-likeness (QED) is 0.333. The maximum atomic E-state index is 12.9. The highest BCUT2D eigenvalue weighted by Gasteiger charge is 2.30. The molecule has 0 fully saturated rings. The number of nitrogens with one attached hydrogen (secondary N) is 1. The molecule has 0 unspecified atom stereocenters. The van der Waals surface area contributed by atoms with Gasteiger partial charge in [0, 0.05) is 46.9 Å². The third-order valence-electron chi connectivity index (χ3n) is 4.99. The third-order valence-corrected chi connectivity index (χ3v) is 5.57. The first-order valence-corrected chi connectivity index (χ1v) is 10.9. The third kappa shape index (κ3) is 6.48. The molecule has 31 heavy (non-hydrogen) atoms. The standard InChI is InChI=1S/C23H24Cl2F3N3/c1-2-11-31(15-16-4-6-18(24)14-20(16)25)12-3-9-29-21-8-10-30-22-13-17(23(26,27)28)5-7-19(21)22/h4-8,10,13-14H,2-3,9,11-12,15H2,1H3,(H,29,30). The zero-order valence-corrected chi connectivity index (χ0v) is 18.7. The zero-order chi connectivity index (χ0) is 22.4. The zero-order valence-electron chi connectivity index (χ0n) is 17.1. The van der Waals surface area contributed by atoms with E-state index in [0.29, 0.717) is 27.5 Å². The second-order valence-electron chi connectivity index (χ2n) is 7.38. The Bertz CT molecular complexity index is 1020. The molecule has 1 N–H and O–H groups in total. The number of hydrogen-bond donors (Lipinski definition) is 1. The van der Waals surface area contributed by atoms with Crippen molar-refractivity contribution in [3.63, 3.8) is 0 Å². The van der Waals surface area contributed by atoms with Crippen LogP contribution in [0.4, 0.5) is 18.9 Å². The van der Waals surface area contributed by atoms with Gasteiger partial charge in [0.05, 0.1) is 11.1 Å². The highest BCUT2D eigenvalue weighted by Crippen LogP contribution is 2.32. The average Bonchev–Trinajstić information content (AvgIpc) is 2.72. The summed E-state index contributed by atoms with van der Waals surface area (Å²) in [4.78, 5) is 6.42. The number of anilines is 1. The number of rotatable bonds is 9. The summed E-state index contributed by atoms with van der Waals surface area (Å²) < 4.78 is 38.8. The van der Waals surface area contributed by atoms with Crippen molar-refractivity contribution in [3.05, 3.63) is 69.8 Å². The fourth-order valence-electron chi connectivity index (χ4n) is 3.48. The maximum Gasteiger partial charge on any atom is 0.416 e. The molecule has 8 heteroatoms. The summed E-state index contributed by atoms with van der Waals surface area (Å²) >= 11 is 12.3. The van der Waals surface area contributed by atoms with Crippen LogP contribution in [0.25, 0.3) is 10.9 Å². The molecule has 0 saturated heterocycles. The molecule has 3 aromatic rings. The second kappa shape index (κ2) is 10.5. The Morgan fingerprint density at radius 2 is 1.84 bits per heavy atom. The first kappa shape index (κ1) is 23.6. The number of aromatic nitrogens is 1. The normalized spacial score (nSPS) is 12.0. The van der Waals surface area contributed by atoms with Gasteiger partial charge >= 0.3 is 6.18 Å². The van der Waals surface area contributed by atoms with Gasteiger partial charge in [-0.1, -0.05) is 42.3 Å². The molecule has 0 saturated carbocycles. The van der Waals surface area contributed by atoms with Crippen molar-refractivity contribution < 1.29 is 13.2 Å². The molecule has 0 spiro atoms. The number of pyridine rings is 1. The summed E-state index contributed by atoms with van der Waals surface area (Å²) in [5.41, 5.74) is 1.44. The molecule has 0 amide bonds. The van der Waals surface area contributed by atoms with Crippen LogP contribution in [0, 0.1) is 0 Å². The molecule has 1 aromatic heterocycles. The molecule has 3 nitrogen and oxygen atoms in total. The summed E-state index contributed by atoms with van der Waals surface area (Å²) in [7, 11) is 0. The predicted octanol–water partition coefficient (Wildman–Crippen LogP) is 7.27. The van der Waals surface area contributed by atoms with Gasteiger partial charge in [-0.15, -0.1) is 0 Å². The molecule has 0 aliphatic rings. The Morgan fingerprint density at radius 3 is 2.55 bits per heavy atom. The van der Waals surface area contributed by atoms with Crippen molar-refractivity contribution >= 4 is 39.8 Å². The Kier molecular flexibility index (Phi) is 8.03. The van der Waals surface area contributed by atoms with Crippen molar-refractivity contribution in [3.8, 4) is 0 Å². The van der Waals surface area contributed by atoms with Gasteiger partial charge in [0.25, 0.3) is 0 Å². The number of fused-ring (bicyclic) bond motifs is 1. The molecule has 0 aliphatic carbocycles. The van der Waals surface area contributed by atoms with Crippen LogP contribution in [0.3, 0.4) is 0 Å². The SMILES string of the molecule is CCCN(CCCNc1ccnc2cc(C(F)(F)F)ccc12)Cc1ccc(Cl)cc1Cl. The molecule has 3 rings (SSSR count). The molecule has 0 aliphatic heterocycles. The van der Waals surface area contributed by atoms with E-state index in [-0.39, 0.29) is 0 Å². The summed E-state index contributed by atoms with van der Waals surface area (Å²) in [5.74, 6) is 0. The number of hydrogen-bond acceptors (Lipinski definition) is 3. The summed E-state index contributed by atoms with van der Waals surface area (Å²) in [6, 6.07) is 11.0. The van der Waals surface area contributed by atoms with Gasteiger partial charge in [-0.05, 0) is 55.3 Å². The summed E-state index contributed by atoms with van der Waals surface area (Å²) in [6.45, 7) is 5.36. The monoisotopic (exact) mass is 469 g/mol. The minimum atomic E-state index is -4.38. The lowest BCUT2D eigenvalue weighted by atomic mass is 10.1. The number of nitrogens with zero attached hydrogens (tertiary/aromatic N) is 2. The minimum absolute atomic E-state index is 0.324. The Hall–Kier alpha value is -2.02. The highest BCUT2D eigenvalue weighted by molar-refractivity contribution is 6.35. The van der Waals surface area contributed by atoms with E-state index in [1.807, 2.05) is 12.1 Å². The lowest BCUT2D eigenvalue weighted by Crippen LogP contribution is -2.26. The van der Waals surface area contributed by atoms with Crippen LogP contribution >= 0.6 is 23.2 Å². The maximum absolute atomic E-state index is 12.9. The van der Waals surface area contributed by atoms with Crippen molar-refractivity contribution in [1.82, 2.24) is 9.88 Å². The minimum Gasteiger partial charge on any atom is -0.384 e. The first-order chi connectivity index (χ1) is 14.8. The molecule has 1 heterocycles. The Labute approximate surface area is 190 Å². The van der Waals surface area contributed by atoms with E-state index >= 15 is 0 Å². The largest absolute Gasteiger partial charge is 0.416 e. The van der Waals surface area contributed by atoms with Gasteiger partial charge in [0.2, 0.25) is 0 Å². The molecule has 0 bridgehead atoms. The fourth-order valence-corrected chi connectivity index (χ4v) is 3.95. The van der Waals surface area contributed by atoms with E-state index in [4.69, 9.17) is 23.2 Å². The Balaban J connectivity index is 1.60. The molecule has 166 valence electrons. The number of benzene rings is 2. The molecular weight excluding hydrogens is 446 g/mol. The van der Waals surface area contributed by atoms with E-state index < -0.39 is 11.7 Å². The van der Waals surface area contributed by atoms with E-state index in [2.05, 4.69) is 22.1 Å². The summed E-state index contributed by atoms with van der Waals surface area (Å²) in [6.07, 6.45) is -0.962. The van der Waals surface area contributed by atoms with Gasteiger partial charge in [-0.3, -0.25) is 9.88 Å². The van der Waals surface area contributed by atoms with Gasteiger partial charge < -0.3 is 5.32 Å². The van der Waals surface area contributed by atoms with Gasteiger partial charge in [0.1, 0.15) is 0 Å². The van der Waals surface area contributed by atoms with Crippen LogP contribution in [0.15, 0.2) is 48.7 Å². The van der Waals surface area contributed by atoms with Crippen LogP contribution in [-0.2, 0) is 12.7 Å². The van der Waals surface area contributed by atoms with Crippen LogP contribution < -0.4 is 5.32 Å². The van der Waals surface area contributed by atoms with Crippen molar-refractivity contribution in [2.45, 2.75) is 32.5 Å². The van der Waals surface area contributed by atoms with E-state index in [1.54, 1.807) is 12.1 Å². The van der Waals surface area contributed by atoms with Crippen molar-refractivity contribution in [2.75, 3.05) is 25.0 Å².